The molecule has 98 valence electrons. The zero-order valence-corrected chi connectivity index (χ0v) is 11.9. The first-order chi connectivity index (χ1) is 9.31. The van der Waals surface area contributed by atoms with Crippen LogP contribution < -0.4 is 11.1 Å². The van der Waals surface area contributed by atoms with Crippen molar-refractivity contribution in [1.29, 1.82) is 0 Å². The number of nitrogens with one attached hydrogen (secondary N) is 1. The monoisotopic (exact) mass is 290 g/mol. The van der Waals surface area contributed by atoms with E-state index >= 15 is 0 Å². The van der Waals surface area contributed by atoms with Crippen LogP contribution in [0, 0.1) is 11.8 Å². The molecule has 19 heavy (non-hydrogen) atoms. The maximum absolute atomic E-state index is 12.0. The molecule has 2 heterocycles. The average molecular weight is 290 g/mol. The molecular formula is C14H14N2OS2. The molecule has 0 radical (unpaired) electrons. The van der Waals surface area contributed by atoms with Crippen molar-refractivity contribution in [3.63, 3.8) is 0 Å². The van der Waals surface area contributed by atoms with Crippen LogP contribution in [0.25, 0.3) is 0 Å². The van der Waals surface area contributed by atoms with Gasteiger partial charge in [0.2, 0.25) is 0 Å². The van der Waals surface area contributed by atoms with Crippen molar-refractivity contribution >= 4 is 28.6 Å². The number of amides is 1. The van der Waals surface area contributed by atoms with Crippen LogP contribution in [0.4, 0.5) is 0 Å². The van der Waals surface area contributed by atoms with Gasteiger partial charge in [-0.25, -0.2) is 0 Å². The SMILES string of the molecule is NCC#Cc1ccsc1C(=O)NCCc1cccs1. The fourth-order valence-corrected chi connectivity index (χ4v) is 3.04. The van der Waals surface area contributed by atoms with Crippen molar-refractivity contribution < 1.29 is 4.79 Å². The smallest absolute Gasteiger partial charge is 0.262 e. The third kappa shape index (κ3) is 3.93. The molecule has 0 saturated heterocycles. The molecule has 3 N–H and O–H groups in total. The quantitative estimate of drug-likeness (QED) is 0.847. The highest BCUT2D eigenvalue weighted by atomic mass is 32.1. The Hall–Kier alpha value is -1.61. The van der Waals surface area contributed by atoms with E-state index in [9.17, 15) is 4.79 Å². The van der Waals surface area contributed by atoms with E-state index < -0.39 is 0 Å². The summed E-state index contributed by atoms with van der Waals surface area (Å²) in [7, 11) is 0. The Labute approximate surface area is 120 Å². The minimum absolute atomic E-state index is 0.0622. The Bertz CT molecular complexity index is 590. The molecule has 0 atom stereocenters. The summed E-state index contributed by atoms with van der Waals surface area (Å²) in [5.74, 6) is 5.62. The minimum Gasteiger partial charge on any atom is -0.351 e. The summed E-state index contributed by atoms with van der Waals surface area (Å²) in [6.07, 6.45) is 0.860. The summed E-state index contributed by atoms with van der Waals surface area (Å²) in [5.41, 5.74) is 6.09. The molecule has 0 aliphatic rings. The van der Waals surface area contributed by atoms with Crippen LogP contribution in [0.3, 0.4) is 0 Å². The third-order valence-electron chi connectivity index (χ3n) is 2.43. The van der Waals surface area contributed by atoms with Gasteiger partial charge in [-0.3, -0.25) is 4.79 Å². The van der Waals surface area contributed by atoms with Crippen molar-refractivity contribution in [2.75, 3.05) is 13.1 Å². The average Bonchev–Trinajstić information content (AvgIpc) is 3.07. The molecule has 0 spiro atoms. The van der Waals surface area contributed by atoms with E-state index in [4.69, 9.17) is 5.73 Å². The van der Waals surface area contributed by atoms with E-state index in [0.29, 0.717) is 18.0 Å². The van der Waals surface area contributed by atoms with Crippen molar-refractivity contribution in [2.24, 2.45) is 5.73 Å². The topological polar surface area (TPSA) is 55.1 Å². The molecule has 1 amide bonds. The van der Waals surface area contributed by atoms with Gasteiger partial charge in [-0.15, -0.1) is 22.7 Å². The number of carbonyl (C=O) groups is 1. The Balaban J connectivity index is 1.91. The van der Waals surface area contributed by atoms with Gasteiger partial charge in [-0.2, -0.15) is 0 Å². The summed E-state index contributed by atoms with van der Waals surface area (Å²) < 4.78 is 0. The lowest BCUT2D eigenvalue weighted by atomic mass is 10.2. The normalized spacial score (nSPS) is 9.74. The summed E-state index contributed by atoms with van der Waals surface area (Å²) in [5, 5.41) is 6.83. The van der Waals surface area contributed by atoms with E-state index in [2.05, 4.69) is 23.2 Å². The molecule has 0 bridgehead atoms. The Morgan fingerprint density at radius 3 is 2.95 bits per heavy atom. The molecule has 0 saturated carbocycles. The lowest BCUT2D eigenvalue weighted by Gasteiger charge is -2.02. The summed E-state index contributed by atoms with van der Waals surface area (Å²) in [6.45, 7) is 0.941. The molecule has 3 nitrogen and oxygen atoms in total. The third-order valence-corrected chi connectivity index (χ3v) is 4.28. The lowest BCUT2D eigenvalue weighted by Crippen LogP contribution is -2.25. The number of nitrogens with two attached hydrogens (primary N) is 1. The molecule has 2 aromatic rings. The van der Waals surface area contributed by atoms with E-state index in [0.717, 1.165) is 12.0 Å². The van der Waals surface area contributed by atoms with Gasteiger partial charge in [0.15, 0.2) is 0 Å². The van der Waals surface area contributed by atoms with Crippen molar-refractivity contribution in [3.8, 4) is 11.8 Å². The molecular weight excluding hydrogens is 276 g/mol. The molecule has 2 rings (SSSR count). The molecule has 0 unspecified atom stereocenters. The van der Waals surface area contributed by atoms with Crippen LogP contribution in [0.2, 0.25) is 0 Å². The maximum atomic E-state index is 12.0. The fraction of sp³-hybridized carbons (Fsp3) is 0.214. The highest BCUT2D eigenvalue weighted by Crippen LogP contribution is 2.15. The van der Waals surface area contributed by atoms with Crippen LogP contribution in [-0.2, 0) is 6.42 Å². The second-order valence-corrected chi connectivity index (χ2v) is 5.70. The zero-order valence-electron chi connectivity index (χ0n) is 10.3. The first-order valence-electron chi connectivity index (χ1n) is 5.88. The molecule has 0 aromatic carbocycles. The standard InChI is InChI=1S/C14H14N2OS2/c15-7-1-3-11-6-10-19-13(11)14(17)16-8-5-12-4-2-9-18-12/h2,4,6,9-10H,5,7-8,15H2,(H,16,17). The lowest BCUT2D eigenvalue weighted by molar-refractivity contribution is 0.0958. The van der Waals surface area contributed by atoms with Gasteiger partial charge in [0.1, 0.15) is 4.88 Å². The first kappa shape index (κ1) is 13.8. The van der Waals surface area contributed by atoms with Crippen LogP contribution in [0.1, 0.15) is 20.1 Å². The van der Waals surface area contributed by atoms with Crippen molar-refractivity contribution in [2.45, 2.75) is 6.42 Å². The van der Waals surface area contributed by atoms with Crippen LogP contribution in [-0.4, -0.2) is 19.0 Å². The van der Waals surface area contributed by atoms with Crippen LogP contribution >= 0.6 is 22.7 Å². The van der Waals surface area contributed by atoms with Gasteiger partial charge < -0.3 is 11.1 Å². The van der Waals surface area contributed by atoms with Gasteiger partial charge >= 0.3 is 0 Å². The largest absolute Gasteiger partial charge is 0.351 e. The van der Waals surface area contributed by atoms with E-state index in [1.165, 1.54) is 16.2 Å². The summed E-state index contributed by atoms with van der Waals surface area (Å²) in [6, 6.07) is 5.93. The molecule has 5 heteroatoms. The minimum atomic E-state index is -0.0622. The van der Waals surface area contributed by atoms with E-state index in [1.807, 2.05) is 22.9 Å². The number of carbonyl (C=O) groups excluding carboxylic acids is 1. The number of hydrogen-bond acceptors (Lipinski definition) is 4. The Kier molecular flexibility index (Phi) is 5.16. The zero-order chi connectivity index (χ0) is 13.5. The van der Waals surface area contributed by atoms with Gasteiger partial charge in [0.25, 0.3) is 5.91 Å². The summed E-state index contributed by atoms with van der Waals surface area (Å²) >= 11 is 3.10. The highest BCUT2D eigenvalue weighted by Gasteiger charge is 2.11. The van der Waals surface area contributed by atoms with E-state index in [-0.39, 0.29) is 5.91 Å². The number of thiophene rings is 2. The van der Waals surface area contributed by atoms with E-state index in [1.54, 1.807) is 11.3 Å². The predicted molar refractivity (Wildman–Crippen MR) is 80.6 cm³/mol. The van der Waals surface area contributed by atoms with Gasteiger partial charge in [0, 0.05) is 17.0 Å². The fourth-order valence-electron chi connectivity index (χ4n) is 1.56. The second kappa shape index (κ2) is 7.10. The number of hydrogen-bond donors (Lipinski definition) is 2. The number of rotatable bonds is 4. The molecule has 0 aliphatic heterocycles. The Morgan fingerprint density at radius 2 is 2.21 bits per heavy atom. The maximum Gasteiger partial charge on any atom is 0.262 e. The van der Waals surface area contributed by atoms with Crippen LogP contribution in [0.15, 0.2) is 29.0 Å². The molecule has 0 aliphatic carbocycles. The second-order valence-electron chi connectivity index (χ2n) is 3.75. The van der Waals surface area contributed by atoms with Crippen molar-refractivity contribution in [3.05, 3.63) is 44.3 Å². The van der Waals surface area contributed by atoms with Crippen molar-refractivity contribution in [1.82, 2.24) is 5.32 Å². The highest BCUT2D eigenvalue weighted by molar-refractivity contribution is 7.12. The summed E-state index contributed by atoms with van der Waals surface area (Å²) in [4.78, 5) is 14.0. The van der Waals surface area contributed by atoms with Gasteiger partial charge in [0.05, 0.1) is 6.54 Å². The van der Waals surface area contributed by atoms with Gasteiger partial charge in [-0.05, 0) is 29.3 Å². The molecule has 0 fully saturated rings. The predicted octanol–water partition coefficient (Wildman–Crippen LogP) is 2.09. The molecule has 2 aromatic heterocycles. The van der Waals surface area contributed by atoms with Gasteiger partial charge in [-0.1, -0.05) is 17.9 Å². The first-order valence-corrected chi connectivity index (χ1v) is 7.64. The Morgan fingerprint density at radius 1 is 1.32 bits per heavy atom. The van der Waals surface area contributed by atoms with Crippen LogP contribution in [0.5, 0.6) is 0 Å².